The number of carbonyl (C=O) groups is 3. The molecule has 4 atom stereocenters. The molecule has 3 saturated heterocycles. The van der Waals surface area contributed by atoms with E-state index in [4.69, 9.17) is 9.47 Å². The summed E-state index contributed by atoms with van der Waals surface area (Å²) in [6.45, 7) is 9.27. The van der Waals surface area contributed by atoms with E-state index in [9.17, 15) is 19.5 Å². The minimum Gasteiger partial charge on any atom is -0.388 e. The molecule has 2 N–H and O–H groups in total. The third-order valence-corrected chi connectivity index (χ3v) is 7.23. The fourth-order valence-electron chi connectivity index (χ4n) is 5.27. The summed E-state index contributed by atoms with van der Waals surface area (Å²) >= 11 is 0. The molecule has 36 heavy (non-hydrogen) atoms. The van der Waals surface area contributed by atoms with Gasteiger partial charge in [-0.05, 0) is 36.6 Å². The molecule has 0 spiro atoms. The van der Waals surface area contributed by atoms with Crippen molar-refractivity contribution in [1.29, 1.82) is 0 Å². The maximum absolute atomic E-state index is 13.4. The molecule has 198 valence electrons. The van der Waals surface area contributed by atoms with Crippen molar-refractivity contribution in [3.63, 3.8) is 0 Å². The summed E-state index contributed by atoms with van der Waals surface area (Å²) < 4.78 is 10.5. The van der Waals surface area contributed by atoms with Gasteiger partial charge in [0.25, 0.3) is 5.91 Å². The van der Waals surface area contributed by atoms with Crippen molar-refractivity contribution >= 4 is 23.3 Å². The van der Waals surface area contributed by atoms with Crippen LogP contribution in [-0.4, -0.2) is 116 Å². The number of Topliss-reactive ketones (excluding diaryl/α,β-unsaturated/α-hetero) is 1. The maximum Gasteiger partial charge on any atom is 0.251 e. The van der Waals surface area contributed by atoms with Crippen LogP contribution in [0.3, 0.4) is 0 Å². The molecule has 0 saturated carbocycles. The lowest BCUT2D eigenvalue weighted by molar-refractivity contribution is -0.138. The topological polar surface area (TPSA) is 112 Å². The van der Waals surface area contributed by atoms with Gasteiger partial charge in [0.15, 0.2) is 5.78 Å². The molecule has 1 aromatic carbocycles. The highest BCUT2D eigenvalue weighted by Gasteiger charge is 2.52. The van der Waals surface area contributed by atoms with E-state index in [0.717, 1.165) is 45.0 Å². The number of carbonyl (C=O) groups excluding carboxylic acids is 3. The molecule has 3 fully saturated rings. The Morgan fingerprint density at radius 3 is 2.50 bits per heavy atom. The van der Waals surface area contributed by atoms with Gasteiger partial charge in [-0.1, -0.05) is 13.8 Å². The number of benzene rings is 1. The summed E-state index contributed by atoms with van der Waals surface area (Å²) in [6, 6.07) is 5.86. The number of ether oxygens (including phenoxy) is 2. The van der Waals surface area contributed by atoms with Gasteiger partial charge in [-0.2, -0.15) is 0 Å². The molecule has 3 heterocycles. The van der Waals surface area contributed by atoms with Crippen molar-refractivity contribution in [2.45, 2.75) is 44.6 Å². The van der Waals surface area contributed by atoms with E-state index in [0.29, 0.717) is 12.0 Å². The Hall–Kier alpha value is -2.53. The van der Waals surface area contributed by atoms with Gasteiger partial charge in [0.05, 0.1) is 13.2 Å². The largest absolute Gasteiger partial charge is 0.388 e. The minimum atomic E-state index is -0.907. The standard InChI is InChI=1S/C26H38N4O6/c1-17(2)14-20(26(34)30-15-21(31)24-23(30)22(32)16-36-24)27-25(33)18-4-6-19(7-5-18)29-10-8-28(9-11-29)12-13-35-3/h4-7,17,20-21,23-24,31H,8-16H2,1-3H3,(H,27,33)/t20-,21-,23+,24+/m0/s1. The van der Waals surface area contributed by atoms with Gasteiger partial charge in [-0.15, -0.1) is 0 Å². The number of nitrogens with one attached hydrogen (secondary N) is 1. The molecule has 0 aromatic heterocycles. The fraction of sp³-hybridized carbons (Fsp3) is 0.654. The molecule has 0 bridgehead atoms. The van der Waals surface area contributed by atoms with E-state index in [1.165, 1.54) is 4.90 Å². The first-order valence-corrected chi connectivity index (χ1v) is 12.8. The van der Waals surface area contributed by atoms with Gasteiger partial charge in [0, 0.05) is 51.1 Å². The highest BCUT2D eigenvalue weighted by Crippen LogP contribution is 2.29. The van der Waals surface area contributed by atoms with E-state index in [1.807, 2.05) is 26.0 Å². The second-order valence-corrected chi connectivity index (χ2v) is 10.3. The molecule has 10 nitrogen and oxygen atoms in total. The number of piperazine rings is 1. The normalized spacial score (nSPS) is 25.4. The average Bonchev–Trinajstić information content (AvgIpc) is 3.42. The van der Waals surface area contributed by atoms with Crippen molar-refractivity contribution in [1.82, 2.24) is 15.1 Å². The number of fused-ring (bicyclic) bond motifs is 1. The zero-order valence-corrected chi connectivity index (χ0v) is 21.4. The number of ketones is 1. The molecular weight excluding hydrogens is 464 g/mol. The van der Waals surface area contributed by atoms with Crippen molar-refractivity contribution < 1.29 is 29.0 Å². The number of aliphatic hydroxyl groups excluding tert-OH is 1. The van der Waals surface area contributed by atoms with Crippen LogP contribution in [-0.2, 0) is 19.1 Å². The molecule has 3 aliphatic rings. The fourth-order valence-corrected chi connectivity index (χ4v) is 5.27. The van der Waals surface area contributed by atoms with Gasteiger partial charge in [-0.3, -0.25) is 19.3 Å². The van der Waals surface area contributed by atoms with Crippen LogP contribution in [0.2, 0.25) is 0 Å². The second kappa shape index (κ2) is 11.7. The highest BCUT2D eigenvalue weighted by molar-refractivity contribution is 5.99. The highest BCUT2D eigenvalue weighted by atomic mass is 16.5. The van der Waals surface area contributed by atoms with Crippen molar-refractivity contribution in [2.24, 2.45) is 5.92 Å². The SMILES string of the molecule is COCCN1CCN(c2ccc(C(=O)N[C@@H](CC(C)C)C(=O)N3C[C@H](O)[C@H]4OCC(=O)[C@H]43)cc2)CC1. The molecular formula is C26H38N4O6. The molecule has 2 amide bonds. The quantitative estimate of drug-likeness (QED) is 0.491. The van der Waals surface area contributed by atoms with E-state index >= 15 is 0 Å². The number of methoxy groups -OCH3 is 1. The van der Waals surface area contributed by atoms with Gasteiger partial charge < -0.3 is 29.7 Å². The van der Waals surface area contributed by atoms with E-state index in [1.54, 1.807) is 19.2 Å². The van der Waals surface area contributed by atoms with E-state index < -0.39 is 24.3 Å². The number of aliphatic hydroxyl groups is 1. The number of amides is 2. The van der Waals surface area contributed by atoms with Crippen LogP contribution in [0.1, 0.15) is 30.6 Å². The molecule has 1 aromatic rings. The molecule has 0 unspecified atom stereocenters. The molecule has 0 aliphatic carbocycles. The van der Waals surface area contributed by atoms with E-state index in [2.05, 4.69) is 15.1 Å². The van der Waals surface area contributed by atoms with Crippen molar-refractivity contribution in [3.05, 3.63) is 29.8 Å². The Morgan fingerprint density at radius 2 is 1.86 bits per heavy atom. The van der Waals surface area contributed by atoms with Gasteiger partial charge >= 0.3 is 0 Å². The molecule has 3 aliphatic heterocycles. The number of rotatable bonds is 9. The van der Waals surface area contributed by atoms with Gasteiger partial charge in [0.1, 0.15) is 30.9 Å². The Bertz CT molecular complexity index is 931. The van der Waals surface area contributed by atoms with Crippen LogP contribution >= 0.6 is 0 Å². The summed E-state index contributed by atoms with van der Waals surface area (Å²) in [6.07, 6.45) is -1.17. The Balaban J connectivity index is 1.38. The van der Waals surface area contributed by atoms with E-state index in [-0.39, 0.29) is 36.7 Å². The zero-order valence-electron chi connectivity index (χ0n) is 21.4. The molecule has 0 radical (unpaired) electrons. The third kappa shape index (κ3) is 5.88. The number of likely N-dealkylation sites (tertiary alicyclic amines) is 1. The van der Waals surface area contributed by atoms with Crippen LogP contribution in [0.4, 0.5) is 5.69 Å². The van der Waals surface area contributed by atoms with Crippen LogP contribution in [0.25, 0.3) is 0 Å². The Kier molecular flexibility index (Phi) is 8.61. The first kappa shape index (κ1) is 26.5. The van der Waals surface area contributed by atoms with Crippen LogP contribution < -0.4 is 10.2 Å². The first-order valence-electron chi connectivity index (χ1n) is 12.8. The molecule has 4 rings (SSSR count). The number of β-amino-alcohol motifs (C(OH)–C–C–N with tert-alkyl or cyclic N) is 1. The zero-order chi connectivity index (χ0) is 25.8. The summed E-state index contributed by atoms with van der Waals surface area (Å²) in [5, 5.41) is 13.2. The smallest absolute Gasteiger partial charge is 0.251 e. The first-order chi connectivity index (χ1) is 17.3. The second-order valence-electron chi connectivity index (χ2n) is 10.3. The number of nitrogens with zero attached hydrogens (tertiary/aromatic N) is 3. The van der Waals surface area contributed by atoms with Gasteiger partial charge in [-0.25, -0.2) is 0 Å². The van der Waals surface area contributed by atoms with Crippen LogP contribution in [0.15, 0.2) is 24.3 Å². The Morgan fingerprint density at radius 1 is 1.17 bits per heavy atom. The van der Waals surface area contributed by atoms with Crippen molar-refractivity contribution in [3.8, 4) is 0 Å². The maximum atomic E-state index is 13.4. The summed E-state index contributed by atoms with van der Waals surface area (Å²) in [5.41, 5.74) is 1.53. The predicted molar refractivity (Wildman–Crippen MR) is 134 cm³/mol. The lowest BCUT2D eigenvalue weighted by Gasteiger charge is -2.36. The van der Waals surface area contributed by atoms with Crippen LogP contribution in [0.5, 0.6) is 0 Å². The summed E-state index contributed by atoms with van der Waals surface area (Å²) in [7, 11) is 1.71. The van der Waals surface area contributed by atoms with Gasteiger partial charge in [0.2, 0.25) is 5.91 Å². The molecule has 10 heteroatoms. The number of hydrogen-bond acceptors (Lipinski definition) is 8. The lowest BCUT2D eigenvalue weighted by Crippen LogP contribution is -2.52. The summed E-state index contributed by atoms with van der Waals surface area (Å²) in [5.74, 6) is -0.765. The monoisotopic (exact) mass is 502 g/mol. The van der Waals surface area contributed by atoms with Crippen molar-refractivity contribution in [2.75, 3.05) is 64.5 Å². The van der Waals surface area contributed by atoms with Crippen LogP contribution in [0, 0.1) is 5.92 Å². The Labute approximate surface area is 212 Å². The third-order valence-electron chi connectivity index (χ3n) is 7.23. The summed E-state index contributed by atoms with van der Waals surface area (Å²) in [4.78, 5) is 44.9. The minimum absolute atomic E-state index is 0.0256. The predicted octanol–water partition coefficient (Wildman–Crippen LogP) is 0.139. The lowest BCUT2D eigenvalue weighted by atomic mass is 10.0. The number of hydrogen-bond donors (Lipinski definition) is 2. The average molecular weight is 503 g/mol. The number of anilines is 1.